The molecule has 8 heteroatoms. The number of aromatic nitrogens is 4. The molecule has 0 radical (unpaired) electrons. The van der Waals surface area contributed by atoms with Crippen molar-refractivity contribution in [2.45, 2.75) is 52.7 Å². The number of aryl methyl sites for hydroxylation is 1. The van der Waals surface area contributed by atoms with E-state index in [1.165, 1.54) is 4.57 Å². The zero-order valence-electron chi connectivity index (χ0n) is 17.5. The second kappa shape index (κ2) is 8.06. The Morgan fingerprint density at radius 3 is 2.72 bits per heavy atom. The van der Waals surface area contributed by atoms with Crippen LogP contribution in [0.4, 0.5) is 0 Å². The number of fused-ring (bicyclic) bond motifs is 1. The van der Waals surface area contributed by atoms with Crippen LogP contribution >= 0.6 is 0 Å². The molecule has 2 heterocycles. The third kappa shape index (κ3) is 4.47. The van der Waals surface area contributed by atoms with Crippen LogP contribution in [0.15, 0.2) is 35.3 Å². The van der Waals surface area contributed by atoms with Crippen molar-refractivity contribution in [3.05, 3.63) is 52.2 Å². The average Bonchev–Trinajstić information content (AvgIpc) is 3.10. The molecule has 0 aliphatic carbocycles. The number of rotatable bonds is 6. The highest BCUT2D eigenvalue weighted by Crippen LogP contribution is 2.18. The van der Waals surface area contributed by atoms with Crippen LogP contribution in [0.1, 0.15) is 38.6 Å². The Labute approximate surface area is 169 Å². The molecule has 0 fully saturated rings. The van der Waals surface area contributed by atoms with Crippen molar-refractivity contribution in [3.63, 3.8) is 0 Å². The minimum atomic E-state index is -0.278. The van der Waals surface area contributed by atoms with Crippen molar-refractivity contribution in [2.75, 3.05) is 7.11 Å². The van der Waals surface area contributed by atoms with E-state index < -0.39 is 0 Å². The van der Waals surface area contributed by atoms with Crippen molar-refractivity contribution in [1.29, 1.82) is 0 Å². The molecule has 3 aromatic rings. The molecule has 1 N–H and O–H groups in total. The Hall–Kier alpha value is -3.16. The van der Waals surface area contributed by atoms with E-state index in [9.17, 15) is 9.59 Å². The summed E-state index contributed by atoms with van der Waals surface area (Å²) in [6, 6.07) is 7.52. The van der Waals surface area contributed by atoms with E-state index in [4.69, 9.17) is 4.74 Å². The van der Waals surface area contributed by atoms with Crippen LogP contribution in [0.2, 0.25) is 0 Å². The van der Waals surface area contributed by atoms with Crippen LogP contribution in [-0.4, -0.2) is 32.3 Å². The summed E-state index contributed by atoms with van der Waals surface area (Å²) in [4.78, 5) is 29.7. The third-order valence-electron chi connectivity index (χ3n) is 4.70. The predicted octanol–water partition coefficient (Wildman–Crippen LogP) is 2.37. The first-order valence-corrected chi connectivity index (χ1v) is 9.56. The lowest BCUT2D eigenvalue weighted by Gasteiger charge is -2.20. The monoisotopic (exact) mass is 397 g/mol. The van der Waals surface area contributed by atoms with E-state index in [0.717, 1.165) is 11.3 Å². The maximum atomic E-state index is 12.9. The van der Waals surface area contributed by atoms with E-state index in [1.807, 2.05) is 45.0 Å². The van der Waals surface area contributed by atoms with E-state index in [2.05, 4.69) is 15.4 Å². The molecule has 0 spiro atoms. The van der Waals surface area contributed by atoms with Gasteiger partial charge in [0.1, 0.15) is 17.0 Å². The molecule has 0 atom stereocenters. The number of carbonyl (C=O) groups excluding carboxylic acids is 1. The van der Waals surface area contributed by atoms with Crippen molar-refractivity contribution >= 4 is 16.9 Å². The fourth-order valence-corrected chi connectivity index (χ4v) is 3.15. The standard InChI is InChI=1S/C21H27N5O3/c1-14-24-19-17(13-23-26(19)21(2,3)4)20(28)25(14)10-9-18(27)22-12-15-7-6-8-16(11-15)29-5/h6-8,11,13H,9-10,12H2,1-5H3,(H,22,27). The van der Waals surface area contributed by atoms with Gasteiger partial charge in [-0.15, -0.1) is 0 Å². The Balaban J connectivity index is 1.70. The first-order valence-electron chi connectivity index (χ1n) is 9.56. The molecule has 0 unspecified atom stereocenters. The zero-order chi connectivity index (χ0) is 21.2. The van der Waals surface area contributed by atoms with E-state index in [0.29, 0.717) is 23.4 Å². The van der Waals surface area contributed by atoms with Gasteiger partial charge < -0.3 is 10.1 Å². The topological polar surface area (TPSA) is 91.0 Å². The summed E-state index contributed by atoms with van der Waals surface area (Å²) in [5.41, 5.74) is 1.06. The molecule has 0 aliphatic rings. The highest BCUT2D eigenvalue weighted by molar-refractivity contribution is 5.76. The maximum Gasteiger partial charge on any atom is 0.264 e. The summed E-state index contributed by atoms with van der Waals surface area (Å²) in [6.45, 7) is 8.46. The SMILES string of the molecule is COc1cccc(CNC(=O)CCn2c(C)nc3c(cnn3C(C)(C)C)c2=O)c1. The maximum absolute atomic E-state index is 12.9. The average molecular weight is 397 g/mol. The number of hydrogen-bond donors (Lipinski definition) is 1. The summed E-state index contributed by atoms with van der Waals surface area (Å²) in [7, 11) is 1.60. The van der Waals surface area contributed by atoms with Gasteiger partial charge in [0.25, 0.3) is 5.56 Å². The van der Waals surface area contributed by atoms with E-state index in [1.54, 1.807) is 24.9 Å². The molecule has 29 heavy (non-hydrogen) atoms. The smallest absolute Gasteiger partial charge is 0.264 e. The number of amides is 1. The summed E-state index contributed by atoms with van der Waals surface area (Å²) in [6.07, 6.45) is 1.74. The Bertz CT molecular complexity index is 1090. The quantitative estimate of drug-likeness (QED) is 0.690. The van der Waals surface area contributed by atoms with Crippen LogP contribution in [0.5, 0.6) is 5.75 Å². The Kier molecular flexibility index (Phi) is 5.72. The summed E-state index contributed by atoms with van der Waals surface area (Å²) in [5, 5.41) is 7.67. The van der Waals surface area contributed by atoms with Gasteiger partial charge in [0, 0.05) is 19.5 Å². The van der Waals surface area contributed by atoms with Crippen LogP contribution in [0, 0.1) is 6.92 Å². The molecule has 0 aliphatic heterocycles. The first kappa shape index (κ1) is 20.6. The van der Waals surface area contributed by atoms with Crippen molar-refractivity contribution in [2.24, 2.45) is 0 Å². The lowest BCUT2D eigenvalue weighted by Crippen LogP contribution is -2.29. The first-order chi connectivity index (χ1) is 13.7. The zero-order valence-corrected chi connectivity index (χ0v) is 17.5. The molecule has 154 valence electrons. The number of benzene rings is 1. The van der Waals surface area contributed by atoms with Gasteiger partial charge in [-0.3, -0.25) is 14.2 Å². The summed E-state index contributed by atoms with van der Waals surface area (Å²) >= 11 is 0. The number of nitrogens with one attached hydrogen (secondary N) is 1. The van der Waals surface area contributed by atoms with Crippen LogP contribution < -0.4 is 15.6 Å². The fraction of sp³-hybridized carbons (Fsp3) is 0.429. The number of carbonyl (C=O) groups is 1. The van der Waals surface area contributed by atoms with Gasteiger partial charge in [-0.25, -0.2) is 9.67 Å². The molecule has 2 aromatic heterocycles. The number of nitrogens with zero attached hydrogens (tertiary/aromatic N) is 4. The van der Waals surface area contributed by atoms with E-state index >= 15 is 0 Å². The minimum Gasteiger partial charge on any atom is -0.497 e. The molecular formula is C21H27N5O3. The van der Waals surface area contributed by atoms with Gasteiger partial charge >= 0.3 is 0 Å². The van der Waals surface area contributed by atoms with Crippen molar-refractivity contribution in [1.82, 2.24) is 24.6 Å². The second-order valence-corrected chi connectivity index (χ2v) is 7.96. The Morgan fingerprint density at radius 2 is 2.03 bits per heavy atom. The van der Waals surface area contributed by atoms with Gasteiger partial charge in [0.2, 0.25) is 5.91 Å². The second-order valence-electron chi connectivity index (χ2n) is 7.96. The summed E-state index contributed by atoms with van der Waals surface area (Å²) < 4.78 is 8.47. The van der Waals surface area contributed by atoms with Gasteiger partial charge in [0.05, 0.1) is 18.8 Å². The predicted molar refractivity (Wildman–Crippen MR) is 111 cm³/mol. The van der Waals surface area contributed by atoms with Crippen molar-refractivity contribution in [3.8, 4) is 5.75 Å². The summed E-state index contributed by atoms with van der Waals surface area (Å²) in [5.74, 6) is 1.17. The largest absolute Gasteiger partial charge is 0.497 e. The lowest BCUT2D eigenvalue weighted by molar-refractivity contribution is -0.121. The molecule has 3 rings (SSSR count). The van der Waals surface area contributed by atoms with Gasteiger partial charge in [-0.05, 0) is 45.4 Å². The number of ether oxygens (including phenoxy) is 1. The number of methoxy groups -OCH3 is 1. The molecule has 0 saturated carbocycles. The molecule has 1 amide bonds. The lowest BCUT2D eigenvalue weighted by atomic mass is 10.1. The normalized spacial score (nSPS) is 11.6. The molecule has 0 saturated heterocycles. The van der Waals surface area contributed by atoms with Crippen LogP contribution in [0.25, 0.3) is 11.0 Å². The molecular weight excluding hydrogens is 370 g/mol. The van der Waals surface area contributed by atoms with Crippen molar-refractivity contribution < 1.29 is 9.53 Å². The fourth-order valence-electron chi connectivity index (χ4n) is 3.15. The third-order valence-corrected chi connectivity index (χ3v) is 4.70. The highest BCUT2D eigenvalue weighted by atomic mass is 16.5. The Morgan fingerprint density at radius 1 is 1.28 bits per heavy atom. The van der Waals surface area contributed by atoms with Gasteiger partial charge in [-0.2, -0.15) is 5.10 Å². The molecule has 1 aromatic carbocycles. The molecule has 0 bridgehead atoms. The van der Waals surface area contributed by atoms with Crippen LogP contribution in [0.3, 0.4) is 0 Å². The van der Waals surface area contributed by atoms with Gasteiger partial charge in [0.15, 0.2) is 5.65 Å². The number of hydrogen-bond acceptors (Lipinski definition) is 5. The minimum absolute atomic E-state index is 0.135. The molecule has 8 nitrogen and oxygen atoms in total. The van der Waals surface area contributed by atoms with Gasteiger partial charge in [-0.1, -0.05) is 12.1 Å². The van der Waals surface area contributed by atoms with E-state index in [-0.39, 0.29) is 30.0 Å². The van der Waals surface area contributed by atoms with Crippen LogP contribution in [-0.2, 0) is 23.4 Å². The highest BCUT2D eigenvalue weighted by Gasteiger charge is 2.21.